The van der Waals surface area contributed by atoms with E-state index in [1.807, 2.05) is 0 Å². The van der Waals surface area contributed by atoms with Gasteiger partial charge in [-0.25, -0.2) is 0 Å². The van der Waals surface area contributed by atoms with Gasteiger partial charge in [0, 0.05) is 24.8 Å². The molecule has 18 heavy (non-hydrogen) atoms. The Bertz CT molecular complexity index is 415. The van der Waals surface area contributed by atoms with Gasteiger partial charge in [0.25, 0.3) is 0 Å². The van der Waals surface area contributed by atoms with E-state index in [0.29, 0.717) is 6.04 Å². The first-order chi connectivity index (χ1) is 8.74. The van der Waals surface area contributed by atoms with Crippen molar-refractivity contribution in [3.05, 3.63) is 29.8 Å². The van der Waals surface area contributed by atoms with E-state index in [0.717, 1.165) is 18.4 Å². The van der Waals surface area contributed by atoms with Crippen molar-refractivity contribution >= 4 is 5.69 Å². The largest absolute Gasteiger partial charge is 0.383 e. The lowest BCUT2D eigenvalue weighted by Gasteiger charge is -2.42. The molecule has 0 aromatic heterocycles. The minimum absolute atomic E-state index is 0.690. The van der Waals surface area contributed by atoms with Crippen molar-refractivity contribution in [1.29, 1.82) is 0 Å². The van der Waals surface area contributed by atoms with Gasteiger partial charge in [-0.15, -0.1) is 0 Å². The van der Waals surface area contributed by atoms with Crippen molar-refractivity contribution in [2.75, 3.05) is 25.0 Å². The standard InChI is InChI=1S/C16H24N2/c1-12-7-8-18(11-13(12)2)15-9-14-5-3-4-6-16(14)17-10-15/h3-6,12-13,15,17H,7-11H2,1-2H3. The molecule has 98 valence electrons. The van der Waals surface area contributed by atoms with Crippen LogP contribution >= 0.6 is 0 Å². The molecule has 1 N–H and O–H groups in total. The predicted octanol–water partition coefficient (Wildman–Crippen LogP) is 3.00. The topological polar surface area (TPSA) is 15.3 Å². The van der Waals surface area contributed by atoms with Crippen LogP contribution < -0.4 is 5.32 Å². The molecule has 3 rings (SSSR count). The first-order valence-electron chi connectivity index (χ1n) is 7.30. The first kappa shape index (κ1) is 12.0. The van der Waals surface area contributed by atoms with E-state index >= 15 is 0 Å². The van der Waals surface area contributed by atoms with Gasteiger partial charge in [-0.2, -0.15) is 0 Å². The second-order valence-corrected chi connectivity index (χ2v) is 6.13. The molecule has 3 atom stereocenters. The molecular formula is C16H24N2. The highest BCUT2D eigenvalue weighted by Gasteiger charge is 2.29. The molecule has 2 aliphatic rings. The lowest BCUT2D eigenvalue weighted by Crippen LogP contribution is -2.49. The number of anilines is 1. The highest BCUT2D eigenvalue weighted by atomic mass is 15.2. The van der Waals surface area contributed by atoms with Crippen molar-refractivity contribution in [2.24, 2.45) is 11.8 Å². The lowest BCUT2D eigenvalue weighted by atomic mass is 9.87. The van der Waals surface area contributed by atoms with Gasteiger partial charge in [-0.1, -0.05) is 32.0 Å². The third-order valence-corrected chi connectivity index (χ3v) is 4.88. The number of nitrogens with zero attached hydrogens (tertiary/aromatic N) is 1. The van der Waals surface area contributed by atoms with Gasteiger partial charge in [-0.05, 0) is 42.9 Å². The van der Waals surface area contributed by atoms with E-state index < -0.39 is 0 Å². The fourth-order valence-electron chi connectivity index (χ4n) is 3.31. The Balaban J connectivity index is 1.69. The van der Waals surface area contributed by atoms with Crippen LogP contribution in [0.3, 0.4) is 0 Å². The van der Waals surface area contributed by atoms with Crippen LogP contribution in [0.2, 0.25) is 0 Å². The van der Waals surface area contributed by atoms with Gasteiger partial charge in [0.1, 0.15) is 0 Å². The van der Waals surface area contributed by atoms with E-state index in [1.165, 1.54) is 37.2 Å². The molecule has 3 unspecified atom stereocenters. The molecule has 0 amide bonds. The molecule has 1 saturated heterocycles. The van der Waals surface area contributed by atoms with Crippen molar-refractivity contribution in [2.45, 2.75) is 32.7 Å². The van der Waals surface area contributed by atoms with Gasteiger partial charge in [0.15, 0.2) is 0 Å². The number of benzene rings is 1. The smallest absolute Gasteiger partial charge is 0.0373 e. The summed E-state index contributed by atoms with van der Waals surface area (Å²) >= 11 is 0. The molecule has 0 saturated carbocycles. The Labute approximate surface area is 110 Å². The Hall–Kier alpha value is -1.02. The van der Waals surface area contributed by atoms with E-state index in [-0.39, 0.29) is 0 Å². The van der Waals surface area contributed by atoms with E-state index in [2.05, 4.69) is 48.3 Å². The summed E-state index contributed by atoms with van der Waals surface area (Å²) in [6.45, 7) is 8.46. The number of fused-ring (bicyclic) bond motifs is 1. The Morgan fingerprint density at radius 3 is 2.83 bits per heavy atom. The Kier molecular flexibility index (Phi) is 3.29. The number of hydrogen-bond acceptors (Lipinski definition) is 2. The summed E-state index contributed by atoms with van der Waals surface area (Å²) in [5, 5.41) is 3.59. The highest BCUT2D eigenvalue weighted by Crippen LogP contribution is 2.28. The molecule has 1 aromatic carbocycles. The zero-order valence-electron chi connectivity index (χ0n) is 11.5. The summed E-state index contributed by atoms with van der Waals surface area (Å²) in [4.78, 5) is 2.70. The summed E-state index contributed by atoms with van der Waals surface area (Å²) in [5.74, 6) is 1.74. The summed E-state index contributed by atoms with van der Waals surface area (Å²) < 4.78 is 0. The zero-order valence-corrected chi connectivity index (χ0v) is 11.5. The quantitative estimate of drug-likeness (QED) is 0.817. The monoisotopic (exact) mass is 244 g/mol. The molecule has 1 aromatic rings. The van der Waals surface area contributed by atoms with Crippen LogP contribution in [-0.2, 0) is 6.42 Å². The fourth-order valence-corrected chi connectivity index (χ4v) is 3.31. The molecule has 0 radical (unpaired) electrons. The molecule has 2 aliphatic heterocycles. The van der Waals surface area contributed by atoms with Gasteiger partial charge in [0.2, 0.25) is 0 Å². The van der Waals surface area contributed by atoms with Gasteiger partial charge in [-0.3, -0.25) is 4.90 Å². The van der Waals surface area contributed by atoms with Crippen molar-refractivity contribution in [3.8, 4) is 0 Å². The number of hydrogen-bond donors (Lipinski definition) is 1. The molecule has 0 aliphatic carbocycles. The second kappa shape index (κ2) is 4.93. The molecule has 1 fully saturated rings. The average molecular weight is 244 g/mol. The second-order valence-electron chi connectivity index (χ2n) is 6.13. The van der Waals surface area contributed by atoms with Crippen molar-refractivity contribution in [3.63, 3.8) is 0 Å². The number of piperidine rings is 1. The van der Waals surface area contributed by atoms with Crippen molar-refractivity contribution < 1.29 is 0 Å². The maximum atomic E-state index is 3.59. The number of para-hydroxylation sites is 1. The van der Waals surface area contributed by atoms with E-state index in [9.17, 15) is 0 Å². The molecule has 2 heterocycles. The lowest BCUT2D eigenvalue weighted by molar-refractivity contribution is 0.0987. The maximum absolute atomic E-state index is 3.59. The summed E-state index contributed by atoms with van der Waals surface area (Å²) in [5.41, 5.74) is 2.83. The Morgan fingerprint density at radius 2 is 2.00 bits per heavy atom. The average Bonchev–Trinajstić information content (AvgIpc) is 2.41. The molecule has 2 nitrogen and oxygen atoms in total. The number of rotatable bonds is 1. The van der Waals surface area contributed by atoms with Crippen molar-refractivity contribution in [1.82, 2.24) is 4.90 Å². The normalized spacial score (nSPS) is 32.7. The summed E-state index contributed by atoms with van der Waals surface area (Å²) in [7, 11) is 0. The van der Waals surface area contributed by atoms with Crippen LogP contribution in [0.5, 0.6) is 0 Å². The van der Waals surface area contributed by atoms with Crippen LogP contribution in [-0.4, -0.2) is 30.6 Å². The third-order valence-electron chi connectivity index (χ3n) is 4.88. The van der Waals surface area contributed by atoms with Crippen LogP contribution in [0.25, 0.3) is 0 Å². The van der Waals surface area contributed by atoms with E-state index in [4.69, 9.17) is 0 Å². The van der Waals surface area contributed by atoms with Gasteiger partial charge >= 0.3 is 0 Å². The number of likely N-dealkylation sites (tertiary alicyclic amines) is 1. The summed E-state index contributed by atoms with van der Waals surface area (Å²) in [6, 6.07) is 9.44. The Morgan fingerprint density at radius 1 is 1.17 bits per heavy atom. The molecule has 0 spiro atoms. The molecule has 2 heteroatoms. The zero-order chi connectivity index (χ0) is 12.5. The fraction of sp³-hybridized carbons (Fsp3) is 0.625. The number of nitrogens with one attached hydrogen (secondary N) is 1. The van der Waals surface area contributed by atoms with Gasteiger partial charge < -0.3 is 5.32 Å². The minimum Gasteiger partial charge on any atom is -0.383 e. The first-order valence-corrected chi connectivity index (χ1v) is 7.30. The molecule has 0 bridgehead atoms. The molecular weight excluding hydrogens is 220 g/mol. The minimum atomic E-state index is 0.690. The predicted molar refractivity (Wildman–Crippen MR) is 76.9 cm³/mol. The summed E-state index contributed by atoms with van der Waals surface area (Å²) in [6.07, 6.45) is 2.57. The van der Waals surface area contributed by atoms with Crippen LogP contribution in [0.1, 0.15) is 25.8 Å². The van der Waals surface area contributed by atoms with Crippen LogP contribution in [0, 0.1) is 11.8 Å². The van der Waals surface area contributed by atoms with E-state index in [1.54, 1.807) is 0 Å². The maximum Gasteiger partial charge on any atom is 0.0373 e. The van der Waals surface area contributed by atoms with Gasteiger partial charge in [0.05, 0.1) is 0 Å². The SMILES string of the molecule is CC1CCN(C2CNc3ccccc3C2)CC1C. The third kappa shape index (κ3) is 2.26. The van der Waals surface area contributed by atoms with Crippen LogP contribution in [0.4, 0.5) is 5.69 Å². The highest BCUT2D eigenvalue weighted by molar-refractivity contribution is 5.53. The van der Waals surface area contributed by atoms with Crippen LogP contribution in [0.15, 0.2) is 24.3 Å².